The number of benzene rings is 7. The average molecular weight is 719 g/mol. The Balaban J connectivity index is 1.07. The lowest BCUT2D eigenvalue weighted by Gasteiger charge is -2.25. The molecule has 10 rings (SSSR count). The second-order valence-corrected chi connectivity index (χ2v) is 13.6. The Labute approximate surface area is 324 Å². The van der Waals surface area contributed by atoms with Crippen molar-refractivity contribution in [3.05, 3.63) is 206 Å². The van der Waals surface area contributed by atoms with Crippen LogP contribution in [0.3, 0.4) is 0 Å². The van der Waals surface area contributed by atoms with Gasteiger partial charge in [0.2, 0.25) is 0 Å². The SMILES string of the molecule is c1ccc(-c2cccc(N(c3ccccc3)c3ccc4c(c3)c3ccccc3n4-c3ccc(-c4nc(-c5ccccc5)nc(-c5ccccc5)n4)cc3)n2)cc1. The van der Waals surface area contributed by atoms with E-state index in [0.29, 0.717) is 17.5 Å². The van der Waals surface area contributed by atoms with Crippen LogP contribution in [-0.2, 0) is 0 Å². The molecule has 0 atom stereocenters. The van der Waals surface area contributed by atoms with Crippen molar-refractivity contribution < 1.29 is 0 Å². The van der Waals surface area contributed by atoms with E-state index in [1.807, 2.05) is 84.9 Å². The van der Waals surface area contributed by atoms with Crippen LogP contribution in [0.1, 0.15) is 0 Å². The maximum Gasteiger partial charge on any atom is 0.164 e. The minimum atomic E-state index is 0.627. The number of rotatable bonds is 8. The number of nitrogens with zero attached hydrogens (tertiary/aromatic N) is 6. The summed E-state index contributed by atoms with van der Waals surface area (Å²) in [5.74, 6) is 2.76. The molecule has 0 fully saturated rings. The number of para-hydroxylation sites is 2. The van der Waals surface area contributed by atoms with Crippen LogP contribution in [-0.4, -0.2) is 24.5 Å². The first-order valence-corrected chi connectivity index (χ1v) is 18.7. The molecule has 10 aromatic rings. The molecule has 0 saturated heterocycles. The van der Waals surface area contributed by atoms with Gasteiger partial charge >= 0.3 is 0 Å². The highest BCUT2D eigenvalue weighted by atomic mass is 15.2. The zero-order valence-electron chi connectivity index (χ0n) is 30.3. The molecule has 7 aromatic carbocycles. The summed E-state index contributed by atoms with van der Waals surface area (Å²) in [4.78, 5) is 22.2. The zero-order valence-corrected chi connectivity index (χ0v) is 30.3. The number of pyridine rings is 1. The molecular weight excluding hydrogens is 685 g/mol. The van der Waals surface area contributed by atoms with E-state index in [4.69, 9.17) is 19.9 Å². The summed E-state index contributed by atoms with van der Waals surface area (Å²) in [7, 11) is 0. The highest BCUT2D eigenvalue weighted by Gasteiger charge is 2.19. The van der Waals surface area contributed by atoms with Gasteiger partial charge in [0.25, 0.3) is 0 Å². The molecule has 0 saturated carbocycles. The van der Waals surface area contributed by atoms with Gasteiger partial charge < -0.3 is 4.57 Å². The second kappa shape index (κ2) is 14.3. The molecule has 0 spiro atoms. The van der Waals surface area contributed by atoms with Gasteiger partial charge in [0.1, 0.15) is 5.82 Å². The molecule has 0 N–H and O–H groups in total. The van der Waals surface area contributed by atoms with Crippen molar-refractivity contribution in [2.24, 2.45) is 0 Å². The third-order valence-corrected chi connectivity index (χ3v) is 10.0. The van der Waals surface area contributed by atoms with Crippen LogP contribution >= 0.6 is 0 Å². The van der Waals surface area contributed by atoms with Crippen LogP contribution in [0.15, 0.2) is 206 Å². The summed E-state index contributed by atoms with van der Waals surface area (Å²) in [6.45, 7) is 0. The average Bonchev–Trinajstić information content (AvgIpc) is 3.61. The number of hydrogen-bond donors (Lipinski definition) is 0. The Bertz CT molecular complexity index is 2890. The van der Waals surface area contributed by atoms with E-state index >= 15 is 0 Å². The molecule has 0 aliphatic rings. The van der Waals surface area contributed by atoms with E-state index in [-0.39, 0.29) is 0 Å². The Kier molecular flexibility index (Phi) is 8.39. The van der Waals surface area contributed by atoms with Crippen molar-refractivity contribution in [1.29, 1.82) is 0 Å². The fourth-order valence-corrected chi connectivity index (χ4v) is 7.38. The van der Waals surface area contributed by atoms with E-state index in [9.17, 15) is 0 Å². The summed E-state index contributed by atoms with van der Waals surface area (Å²) in [6, 6.07) is 70.9. The van der Waals surface area contributed by atoms with Gasteiger partial charge in [-0.1, -0.05) is 133 Å². The van der Waals surface area contributed by atoms with Gasteiger partial charge in [-0.15, -0.1) is 0 Å². The molecule has 6 heteroatoms. The van der Waals surface area contributed by atoms with E-state index in [1.165, 1.54) is 5.39 Å². The maximum atomic E-state index is 5.18. The molecule has 0 radical (unpaired) electrons. The van der Waals surface area contributed by atoms with Crippen molar-refractivity contribution in [3.8, 4) is 51.1 Å². The molecule has 56 heavy (non-hydrogen) atoms. The van der Waals surface area contributed by atoms with Gasteiger partial charge in [-0.3, -0.25) is 4.90 Å². The molecule has 0 unspecified atom stereocenters. The van der Waals surface area contributed by atoms with E-state index in [0.717, 1.165) is 67.2 Å². The zero-order chi connectivity index (χ0) is 37.3. The topological polar surface area (TPSA) is 59.7 Å². The number of aromatic nitrogens is 5. The first-order chi connectivity index (χ1) is 27.8. The standard InChI is InChI=1S/C50H34N6/c1-5-16-35(17-6-1)44-25-15-27-47(51-44)55(39-22-11-4-12-23-39)41-32-33-46-43(34-41)42-24-13-14-26-45(42)56(46)40-30-28-38(29-31-40)50-53-48(36-18-7-2-8-19-36)52-49(54-50)37-20-9-3-10-21-37/h1-34H. The third-order valence-electron chi connectivity index (χ3n) is 10.0. The molecule has 264 valence electrons. The van der Waals surface area contributed by atoms with Crippen LogP contribution in [0.4, 0.5) is 17.2 Å². The maximum absolute atomic E-state index is 5.18. The summed E-state index contributed by atoms with van der Waals surface area (Å²) < 4.78 is 2.33. The van der Waals surface area contributed by atoms with Crippen molar-refractivity contribution in [2.45, 2.75) is 0 Å². The Morgan fingerprint density at radius 1 is 0.339 bits per heavy atom. The molecule has 0 aliphatic heterocycles. The van der Waals surface area contributed by atoms with Crippen LogP contribution < -0.4 is 4.90 Å². The minimum Gasteiger partial charge on any atom is -0.309 e. The monoisotopic (exact) mass is 718 g/mol. The van der Waals surface area contributed by atoms with Crippen molar-refractivity contribution in [3.63, 3.8) is 0 Å². The van der Waals surface area contributed by atoms with E-state index in [1.54, 1.807) is 0 Å². The fraction of sp³-hybridized carbons (Fsp3) is 0. The summed E-state index contributed by atoms with van der Waals surface area (Å²) in [5.41, 5.74) is 10.2. The molecular formula is C50H34N6. The van der Waals surface area contributed by atoms with Gasteiger partial charge in [0, 0.05) is 50.1 Å². The lowest BCUT2D eigenvalue weighted by atomic mass is 10.1. The first-order valence-electron chi connectivity index (χ1n) is 18.7. The van der Waals surface area contributed by atoms with Crippen LogP contribution in [0.2, 0.25) is 0 Å². The third kappa shape index (κ3) is 6.15. The molecule has 0 amide bonds. The lowest BCUT2D eigenvalue weighted by molar-refractivity contribution is 1.07. The largest absolute Gasteiger partial charge is 0.309 e. The first kappa shape index (κ1) is 32.9. The minimum absolute atomic E-state index is 0.627. The summed E-state index contributed by atoms with van der Waals surface area (Å²) in [5, 5.41) is 2.32. The Morgan fingerprint density at radius 2 is 0.857 bits per heavy atom. The van der Waals surface area contributed by atoms with Gasteiger partial charge in [-0.2, -0.15) is 0 Å². The van der Waals surface area contributed by atoms with Gasteiger partial charge in [0.05, 0.1) is 16.7 Å². The number of anilines is 3. The highest BCUT2D eigenvalue weighted by Crippen LogP contribution is 2.40. The van der Waals surface area contributed by atoms with E-state index in [2.05, 4.69) is 131 Å². The van der Waals surface area contributed by atoms with Gasteiger partial charge in [0.15, 0.2) is 17.5 Å². The molecule has 0 aliphatic carbocycles. The fourth-order valence-electron chi connectivity index (χ4n) is 7.38. The van der Waals surface area contributed by atoms with Crippen molar-refractivity contribution in [1.82, 2.24) is 24.5 Å². The molecule has 0 bridgehead atoms. The van der Waals surface area contributed by atoms with Gasteiger partial charge in [-0.25, -0.2) is 19.9 Å². The Hall–Kier alpha value is -7.70. The quantitative estimate of drug-likeness (QED) is 0.157. The van der Waals surface area contributed by atoms with Crippen LogP contribution in [0.5, 0.6) is 0 Å². The van der Waals surface area contributed by atoms with E-state index < -0.39 is 0 Å². The number of fused-ring (bicyclic) bond motifs is 3. The normalized spacial score (nSPS) is 11.2. The summed E-state index contributed by atoms with van der Waals surface area (Å²) in [6.07, 6.45) is 0. The molecule has 3 heterocycles. The predicted molar refractivity (Wildman–Crippen MR) is 228 cm³/mol. The molecule has 6 nitrogen and oxygen atoms in total. The smallest absolute Gasteiger partial charge is 0.164 e. The Morgan fingerprint density at radius 3 is 1.48 bits per heavy atom. The van der Waals surface area contributed by atoms with Crippen LogP contribution in [0, 0.1) is 0 Å². The van der Waals surface area contributed by atoms with Crippen molar-refractivity contribution in [2.75, 3.05) is 4.90 Å². The van der Waals surface area contributed by atoms with Crippen LogP contribution in [0.25, 0.3) is 72.9 Å². The molecule has 3 aromatic heterocycles. The highest BCUT2D eigenvalue weighted by molar-refractivity contribution is 6.10. The lowest BCUT2D eigenvalue weighted by Crippen LogP contribution is -2.11. The predicted octanol–water partition coefficient (Wildman–Crippen LogP) is 12.5. The number of hydrogen-bond acceptors (Lipinski definition) is 5. The second-order valence-electron chi connectivity index (χ2n) is 13.6. The van der Waals surface area contributed by atoms with Crippen molar-refractivity contribution >= 4 is 39.0 Å². The van der Waals surface area contributed by atoms with Gasteiger partial charge in [-0.05, 0) is 72.8 Å². The summed E-state index contributed by atoms with van der Waals surface area (Å²) >= 11 is 0.